The number of carbonyl (C=O) groups excluding carboxylic acids is 1. The third-order valence-corrected chi connectivity index (χ3v) is 7.02. The predicted molar refractivity (Wildman–Crippen MR) is 85.0 cm³/mol. The van der Waals surface area contributed by atoms with Gasteiger partial charge in [0, 0.05) is 11.5 Å². The van der Waals surface area contributed by atoms with Crippen LogP contribution in [0.25, 0.3) is 0 Å². The number of amides is 1. The van der Waals surface area contributed by atoms with E-state index in [2.05, 4.69) is 19.2 Å². The van der Waals surface area contributed by atoms with Gasteiger partial charge in [0.05, 0.1) is 6.10 Å². The van der Waals surface area contributed by atoms with Gasteiger partial charge in [0.15, 0.2) is 0 Å². The van der Waals surface area contributed by atoms with Gasteiger partial charge in [0.1, 0.15) is 5.54 Å². The van der Waals surface area contributed by atoms with Crippen LogP contribution in [0.1, 0.15) is 65.2 Å². The Kier molecular flexibility index (Phi) is 2.91. The van der Waals surface area contributed by atoms with Crippen molar-refractivity contribution in [2.45, 2.75) is 82.4 Å². The van der Waals surface area contributed by atoms with Crippen LogP contribution in [0.3, 0.4) is 0 Å². The standard InChI is InChI=1S/C18H28N2O2/c1-11-4-3-5-16(2)9-14(21)13(8-12(11)16)18(19)10-17(6-7-17)20-15(18)22/h13-14,21H,3-10,19H2,1-2H3,(H,20,22)/t13-,14+,16+,18?/m0/s1. The summed E-state index contributed by atoms with van der Waals surface area (Å²) < 4.78 is 0. The molecule has 4 aliphatic rings. The third-order valence-electron chi connectivity index (χ3n) is 7.02. The molecule has 4 rings (SSSR count). The second-order valence-corrected chi connectivity index (χ2v) is 8.71. The van der Waals surface area contributed by atoms with Crippen molar-refractivity contribution in [3.63, 3.8) is 0 Å². The van der Waals surface area contributed by atoms with Crippen LogP contribution in [0.4, 0.5) is 0 Å². The van der Waals surface area contributed by atoms with E-state index in [0.29, 0.717) is 6.42 Å². The maximum atomic E-state index is 12.6. The number of fused-ring (bicyclic) bond motifs is 1. The number of rotatable bonds is 1. The summed E-state index contributed by atoms with van der Waals surface area (Å²) in [6, 6.07) is 0. The van der Waals surface area contributed by atoms with E-state index in [9.17, 15) is 9.90 Å². The second kappa shape index (κ2) is 4.35. The summed E-state index contributed by atoms with van der Waals surface area (Å²) >= 11 is 0. The van der Waals surface area contributed by atoms with Gasteiger partial charge in [-0.15, -0.1) is 0 Å². The summed E-state index contributed by atoms with van der Waals surface area (Å²) in [5, 5.41) is 13.9. The topological polar surface area (TPSA) is 75.3 Å². The summed E-state index contributed by atoms with van der Waals surface area (Å²) in [4.78, 5) is 12.6. The molecule has 1 unspecified atom stereocenters. The molecule has 1 spiro atoms. The zero-order valence-corrected chi connectivity index (χ0v) is 13.7. The van der Waals surface area contributed by atoms with Gasteiger partial charge in [-0.2, -0.15) is 0 Å². The molecule has 1 heterocycles. The molecule has 0 radical (unpaired) electrons. The fraction of sp³-hybridized carbons (Fsp3) is 0.833. The molecular weight excluding hydrogens is 276 g/mol. The lowest BCUT2D eigenvalue weighted by Crippen LogP contribution is -2.59. The van der Waals surface area contributed by atoms with Crippen LogP contribution < -0.4 is 11.1 Å². The lowest BCUT2D eigenvalue weighted by atomic mass is 9.57. The monoisotopic (exact) mass is 304 g/mol. The van der Waals surface area contributed by atoms with E-state index in [1.165, 1.54) is 17.6 Å². The SMILES string of the molecule is CC1=C2C[C@H](C3(N)CC4(CC4)NC3=O)[C@H](O)C[C@@]2(C)CCC1. The molecule has 0 aromatic rings. The Morgan fingerprint density at radius 1 is 1.32 bits per heavy atom. The minimum absolute atomic E-state index is 0.0354. The minimum Gasteiger partial charge on any atom is -0.393 e. The number of nitrogens with two attached hydrogens (primary N) is 1. The molecule has 0 bridgehead atoms. The van der Waals surface area contributed by atoms with Crippen LogP contribution in [-0.2, 0) is 4.79 Å². The number of hydrogen-bond donors (Lipinski definition) is 3. The van der Waals surface area contributed by atoms with Crippen molar-refractivity contribution in [3.05, 3.63) is 11.1 Å². The lowest BCUT2D eigenvalue weighted by Gasteiger charge is -2.49. The van der Waals surface area contributed by atoms with Gasteiger partial charge in [-0.25, -0.2) is 0 Å². The van der Waals surface area contributed by atoms with Gasteiger partial charge < -0.3 is 16.2 Å². The van der Waals surface area contributed by atoms with Gasteiger partial charge in [-0.3, -0.25) is 4.79 Å². The molecule has 1 amide bonds. The highest BCUT2D eigenvalue weighted by Gasteiger charge is 2.63. The Labute approximate surface area is 132 Å². The summed E-state index contributed by atoms with van der Waals surface area (Å²) in [5.41, 5.74) is 8.73. The Hall–Kier alpha value is -0.870. The smallest absolute Gasteiger partial charge is 0.241 e. The molecule has 0 aromatic carbocycles. The van der Waals surface area contributed by atoms with Gasteiger partial charge >= 0.3 is 0 Å². The van der Waals surface area contributed by atoms with E-state index >= 15 is 0 Å². The first-order valence-electron chi connectivity index (χ1n) is 8.77. The Morgan fingerprint density at radius 3 is 2.68 bits per heavy atom. The number of hydrogen-bond acceptors (Lipinski definition) is 3. The molecule has 2 saturated carbocycles. The van der Waals surface area contributed by atoms with Crippen molar-refractivity contribution >= 4 is 5.91 Å². The highest BCUT2D eigenvalue weighted by atomic mass is 16.3. The first-order valence-corrected chi connectivity index (χ1v) is 8.77. The van der Waals surface area contributed by atoms with Crippen LogP contribution in [0, 0.1) is 11.3 Å². The van der Waals surface area contributed by atoms with Crippen molar-refractivity contribution in [3.8, 4) is 0 Å². The quantitative estimate of drug-likeness (QED) is 0.649. The van der Waals surface area contributed by atoms with Crippen LogP contribution in [0.5, 0.6) is 0 Å². The Balaban J connectivity index is 1.67. The van der Waals surface area contributed by atoms with Crippen molar-refractivity contribution in [1.82, 2.24) is 5.32 Å². The highest BCUT2D eigenvalue weighted by molar-refractivity contribution is 5.90. The molecule has 4 N–H and O–H groups in total. The third kappa shape index (κ3) is 1.93. The largest absolute Gasteiger partial charge is 0.393 e. The number of aliphatic hydroxyl groups is 1. The summed E-state index contributed by atoms with van der Waals surface area (Å²) in [7, 11) is 0. The average Bonchev–Trinajstić information content (AvgIpc) is 3.10. The van der Waals surface area contributed by atoms with E-state index in [4.69, 9.17) is 5.73 Å². The fourth-order valence-corrected chi connectivity index (χ4v) is 5.49. The molecule has 22 heavy (non-hydrogen) atoms. The first-order chi connectivity index (χ1) is 10.3. The van der Waals surface area contributed by atoms with Crippen LogP contribution in [0.15, 0.2) is 11.1 Å². The molecule has 3 fully saturated rings. The van der Waals surface area contributed by atoms with Gasteiger partial charge in [-0.1, -0.05) is 18.1 Å². The van der Waals surface area contributed by atoms with Crippen molar-refractivity contribution in [1.29, 1.82) is 0 Å². The minimum atomic E-state index is -0.887. The van der Waals surface area contributed by atoms with Gasteiger partial charge in [-0.05, 0) is 63.7 Å². The van der Waals surface area contributed by atoms with E-state index in [1.54, 1.807) is 0 Å². The zero-order valence-electron chi connectivity index (χ0n) is 13.7. The maximum Gasteiger partial charge on any atom is 0.241 e. The highest BCUT2D eigenvalue weighted by Crippen LogP contribution is 2.56. The molecule has 4 heteroatoms. The van der Waals surface area contributed by atoms with Gasteiger partial charge in [0.25, 0.3) is 0 Å². The van der Waals surface area contributed by atoms with Crippen molar-refractivity contribution in [2.75, 3.05) is 0 Å². The summed E-state index contributed by atoms with van der Waals surface area (Å²) in [5.74, 6) is -0.171. The van der Waals surface area contributed by atoms with Crippen LogP contribution >= 0.6 is 0 Å². The number of allylic oxidation sites excluding steroid dienone is 2. The van der Waals surface area contributed by atoms with Crippen molar-refractivity contribution < 1.29 is 9.90 Å². The molecule has 3 aliphatic carbocycles. The Morgan fingerprint density at radius 2 is 2.05 bits per heavy atom. The zero-order chi connectivity index (χ0) is 15.8. The molecule has 1 aliphatic heterocycles. The van der Waals surface area contributed by atoms with Crippen LogP contribution in [0.2, 0.25) is 0 Å². The Bertz CT molecular complexity index is 565. The molecule has 4 nitrogen and oxygen atoms in total. The number of nitrogens with one attached hydrogen (secondary N) is 1. The summed E-state index contributed by atoms with van der Waals surface area (Å²) in [6.45, 7) is 4.51. The number of aliphatic hydroxyl groups excluding tert-OH is 1. The molecule has 4 atom stereocenters. The fourth-order valence-electron chi connectivity index (χ4n) is 5.49. The summed E-state index contributed by atoms with van der Waals surface area (Å²) in [6.07, 6.45) is 7.37. The molecular formula is C18H28N2O2. The first kappa shape index (κ1) is 14.7. The van der Waals surface area contributed by atoms with E-state index < -0.39 is 11.6 Å². The van der Waals surface area contributed by atoms with E-state index in [1.807, 2.05) is 0 Å². The average molecular weight is 304 g/mol. The van der Waals surface area contributed by atoms with Crippen LogP contribution in [-0.4, -0.2) is 28.2 Å². The van der Waals surface area contributed by atoms with E-state index in [0.717, 1.165) is 38.5 Å². The molecule has 1 saturated heterocycles. The molecule has 0 aromatic heterocycles. The van der Waals surface area contributed by atoms with Crippen molar-refractivity contribution in [2.24, 2.45) is 17.1 Å². The maximum absolute atomic E-state index is 12.6. The second-order valence-electron chi connectivity index (χ2n) is 8.71. The lowest BCUT2D eigenvalue weighted by molar-refractivity contribution is -0.128. The van der Waals surface area contributed by atoms with E-state index in [-0.39, 0.29) is 22.8 Å². The van der Waals surface area contributed by atoms with Gasteiger partial charge in [0.2, 0.25) is 5.91 Å². The molecule has 122 valence electrons. The predicted octanol–water partition coefficient (Wildman–Crippen LogP) is 2.01. The number of carbonyl (C=O) groups is 1. The normalized spacial score (nSPS) is 46.6.